The Morgan fingerprint density at radius 1 is 1.25 bits per heavy atom. The third-order valence-corrected chi connectivity index (χ3v) is 2.82. The molecule has 0 saturated carbocycles. The van der Waals surface area contributed by atoms with E-state index in [0.29, 0.717) is 23.9 Å². The van der Waals surface area contributed by atoms with Crippen LogP contribution in [-0.4, -0.2) is 31.3 Å². The molecule has 0 saturated heterocycles. The second-order valence-corrected chi connectivity index (χ2v) is 5.21. The van der Waals surface area contributed by atoms with Gasteiger partial charge in [0.05, 0.1) is 6.10 Å². The largest absolute Gasteiger partial charge is 0.481 e. The van der Waals surface area contributed by atoms with Gasteiger partial charge in [-0.15, -0.1) is 0 Å². The number of halogens is 1. The van der Waals surface area contributed by atoms with Crippen LogP contribution in [0.15, 0.2) is 24.3 Å². The van der Waals surface area contributed by atoms with Crippen molar-refractivity contribution in [1.82, 2.24) is 5.32 Å². The summed E-state index contributed by atoms with van der Waals surface area (Å²) in [7, 11) is 0. The molecule has 0 spiro atoms. The van der Waals surface area contributed by atoms with Crippen molar-refractivity contribution < 1.29 is 14.3 Å². The lowest BCUT2D eigenvalue weighted by molar-refractivity contribution is -0.127. The number of rotatable bonds is 8. The highest BCUT2D eigenvalue weighted by Gasteiger charge is 2.13. The number of benzene rings is 1. The van der Waals surface area contributed by atoms with Crippen molar-refractivity contribution in [2.75, 3.05) is 13.2 Å². The second kappa shape index (κ2) is 8.82. The molecule has 1 aromatic rings. The summed E-state index contributed by atoms with van der Waals surface area (Å²) < 4.78 is 10.9. The van der Waals surface area contributed by atoms with E-state index in [1.54, 1.807) is 31.2 Å². The summed E-state index contributed by atoms with van der Waals surface area (Å²) in [5.74, 6) is 0.490. The molecule has 1 N–H and O–H groups in total. The van der Waals surface area contributed by atoms with Crippen LogP contribution in [0.25, 0.3) is 0 Å². The van der Waals surface area contributed by atoms with Crippen molar-refractivity contribution in [1.29, 1.82) is 0 Å². The molecule has 0 radical (unpaired) electrons. The van der Waals surface area contributed by atoms with Crippen LogP contribution in [0.5, 0.6) is 5.75 Å². The molecule has 1 aromatic carbocycles. The van der Waals surface area contributed by atoms with E-state index in [2.05, 4.69) is 5.32 Å². The number of nitrogens with one attached hydrogen (secondary N) is 1. The molecular weight excluding hydrogens is 278 g/mol. The zero-order valence-electron chi connectivity index (χ0n) is 12.2. The normalized spacial score (nSPS) is 12.2. The molecule has 1 unspecified atom stereocenters. The molecule has 4 nitrogen and oxygen atoms in total. The third-order valence-electron chi connectivity index (χ3n) is 2.57. The molecule has 1 amide bonds. The van der Waals surface area contributed by atoms with Gasteiger partial charge >= 0.3 is 0 Å². The minimum Gasteiger partial charge on any atom is -0.481 e. The van der Waals surface area contributed by atoms with Crippen LogP contribution < -0.4 is 10.1 Å². The van der Waals surface area contributed by atoms with Crippen molar-refractivity contribution in [2.24, 2.45) is 0 Å². The Kier molecular flexibility index (Phi) is 7.41. The number of hydrogen-bond donors (Lipinski definition) is 1. The maximum Gasteiger partial charge on any atom is 0.260 e. The molecule has 0 aliphatic carbocycles. The highest BCUT2D eigenvalue weighted by Crippen LogP contribution is 2.16. The van der Waals surface area contributed by atoms with E-state index < -0.39 is 6.10 Å². The molecule has 20 heavy (non-hydrogen) atoms. The standard InChI is InChI=1S/C15H22ClNO3/c1-11(2)19-10-4-9-17-15(18)12(3)20-14-7-5-13(16)6-8-14/h5-8,11-12H,4,9-10H2,1-3H3,(H,17,18). The smallest absolute Gasteiger partial charge is 0.260 e. The third kappa shape index (κ3) is 6.78. The molecule has 1 atom stereocenters. The van der Waals surface area contributed by atoms with E-state index in [1.165, 1.54) is 0 Å². The van der Waals surface area contributed by atoms with E-state index in [1.807, 2.05) is 13.8 Å². The van der Waals surface area contributed by atoms with Crippen molar-refractivity contribution in [3.63, 3.8) is 0 Å². The van der Waals surface area contributed by atoms with Gasteiger partial charge in [0, 0.05) is 18.2 Å². The van der Waals surface area contributed by atoms with Gasteiger partial charge in [-0.1, -0.05) is 11.6 Å². The summed E-state index contributed by atoms with van der Waals surface area (Å²) in [5.41, 5.74) is 0. The van der Waals surface area contributed by atoms with Crippen LogP contribution >= 0.6 is 11.6 Å². The van der Waals surface area contributed by atoms with Crippen LogP contribution in [0.2, 0.25) is 5.02 Å². The molecule has 0 aliphatic rings. The summed E-state index contributed by atoms with van der Waals surface area (Å²) in [6.07, 6.45) is 0.470. The first-order valence-electron chi connectivity index (χ1n) is 6.80. The fourth-order valence-corrected chi connectivity index (χ4v) is 1.64. The van der Waals surface area contributed by atoms with Crippen LogP contribution in [-0.2, 0) is 9.53 Å². The fraction of sp³-hybridized carbons (Fsp3) is 0.533. The Morgan fingerprint density at radius 3 is 2.50 bits per heavy atom. The second-order valence-electron chi connectivity index (χ2n) is 4.78. The minimum atomic E-state index is -0.540. The van der Waals surface area contributed by atoms with Crippen LogP contribution in [0.1, 0.15) is 27.2 Å². The molecule has 112 valence electrons. The Hall–Kier alpha value is -1.26. The lowest BCUT2D eigenvalue weighted by Gasteiger charge is -2.15. The van der Waals surface area contributed by atoms with Crippen molar-refractivity contribution in [3.05, 3.63) is 29.3 Å². The summed E-state index contributed by atoms with van der Waals surface area (Å²) >= 11 is 5.78. The SMILES string of the molecule is CC(C)OCCCNC(=O)C(C)Oc1ccc(Cl)cc1. The van der Waals surface area contributed by atoms with Crippen molar-refractivity contribution in [2.45, 2.75) is 39.4 Å². The van der Waals surface area contributed by atoms with Gasteiger partial charge in [0.2, 0.25) is 0 Å². The number of ether oxygens (including phenoxy) is 2. The lowest BCUT2D eigenvalue weighted by atomic mass is 10.3. The topological polar surface area (TPSA) is 47.6 Å². The molecule has 5 heteroatoms. The first kappa shape index (κ1) is 16.8. The molecule has 0 aromatic heterocycles. The Balaban J connectivity index is 2.23. The minimum absolute atomic E-state index is 0.135. The van der Waals surface area contributed by atoms with Crippen LogP contribution in [0.4, 0.5) is 0 Å². The van der Waals surface area contributed by atoms with Crippen LogP contribution in [0, 0.1) is 0 Å². The molecule has 0 aliphatic heterocycles. The van der Waals surface area contributed by atoms with Gasteiger partial charge in [-0.05, 0) is 51.5 Å². The van der Waals surface area contributed by atoms with Gasteiger partial charge in [0.15, 0.2) is 6.10 Å². The molecule has 0 fully saturated rings. The van der Waals surface area contributed by atoms with Gasteiger partial charge < -0.3 is 14.8 Å². The van der Waals surface area contributed by atoms with E-state index >= 15 is 0 Å². The Morgan fingerprint density at radius 2 is 1.90 bits per heavy atom. The average Bonchev–Trinajstić information content (AvgIpc) is 2.40. The molecule has 0 bridgehead atoms. The first-order valence-corrected chi connectivity index (χ1v) is 7.18. The number of amides is 1. The van der Waals surface area contributed by atoms with Gasteiger partial charge in [-0.2, -0.15) is 0 Å². The molecule has 1 rings (SSSR count). The summed E-state index contributed by atoms with van der Waals surface area (Å²) in [4.78, 5) is 11.8. The van der Waals surface area contributed by atoms with Gasteiger partial charge in [0.25, 0.3) is 5.91 Å². The number of hydrogen-bond acceptors (Lipinski definition) is 3. The van der Waals surface area contributed by atoms with Crippen LogP contribution in [0.3, 0.4) is 0 Å². The lowest BCUT2D eigenvalue weighted by Crippen LogP contribution is -2.37. The van der Waals surface area contributed by atoms with Gasteiger partial charge in [-0.25, -0.2) is 0 Å². The predicted octanol–water partition coefficient (Wildman–Crippen LogP) is 3.04. The highest BCUT2D eigenvalue weighted by molar-refractivity contribution is 6.30. The number of carbonyl (C=O) groups is 1. The number of carbonyl (C=O) groups excluding carboxylic acids is 1. The monoisotopic (exact) mass is 299 g/mol. The quantitative estimate of drug-likeness (QED) is 0.751. The Labute approximate surface area is 125 Å². The van der Waals surface area contributed by atoms with E-state index in [4.69, 9.17) is 21.1 Å². The molecular formula is C15H22ClNO3. The molecule has 0 heterocycles. The van der Waals surface area contributed by atoms with Crippen molar-refractivity contribution >= 4 is 17.5 Å². The summed E-state index contributed by atoms with van der Waals surface area (Å²) in [5, 5.41) is 3.46. The highest BCUT2D eigenvalue weighted by atomic mass is 35.5. The summed E-state index contributed by atoms with van der Waals surface area (Å²) in [6.45, 7) is 6.92. The van der Waals surface area contributed by atoms with Gasteiger partial charge in [0.1, 0.15) is 5.75 Å². The van der Waals surface area contributed by atoms with Gasteiger partial charge in [-0.3, -0.25) is 4.79 Å². The van der Waals surface area contributed by atoms with E-state index in [0.717, 1.165) is 6.42 Å². The first-order chi connectivity index (χ1) is 9.49. The fourth-order valence-electron chi connectivity index (χ4n) is 1.52. The van der Waals surface area contributed by atoms with E-state index in [-0.39, 0.29) is 12.0 Å². The van der Waals surface area contributed by atoms with Crippen molar-refractivity contribution in [3.8, 4) is 5.75 Å². The average molecular weight is 300 g/mol. The zero-order chi connectivity index (χ0) is 15.0. The summed E-state index contributed by atoms with van der Waals surface area (Å²) in [6, 6.07) is 6.93. The predicted molar refractivity (Wildman–Crippen MR) is 80.3 cm³/mol. The Bertz CT molecular complexity index is 406. The zero-order valence-corrected chi connectivity index (χ0v) is 12.9. The maximum absolute atomic E-state index is 11.8. The maximum atomic E-state index is 11.8. The van der Waals surface area contributed by atoms with E-state index in [9.17, 15) is 4.79 Å².